The van der Waals surface area contributed by atoms with E-state index in [2.05, 4.69) is 87.1 Å². The van der Waals surface area contributed by atoms with Gasteiger partial charge < -0.3 is 19.6 Å². The van der Waals surface area contributed by atoms with Crippen LogP contribution in [0, 0.1) is 0 Å². The standard InChI is InChI=1S/C30H50N4S8/c1-9-31(10-2)27(35)39-19-23-17-25(21-41-29(37)33(13-5)14-6)26(22-42-30(38)34(15-7)16-8)18-24(23)20-40-28(36)32(11-3)12-4/h17-18H,9-16,19-22H2,1-8H3. The lowest BCUT2D eigenvalue weighted by Gasteiger charge is -2.24. The zero-order valence-electron chi connectivity index (χ0n) is 26.7. The van der Waals surface area contributed by atoms with Crippen LogP contribution in [-0.2, 0) is 23.0 Å². The molecular weight excluding hydrogens is 673 g/mol. The second-order valence-electron chi connectivity index (χ2n) is 9.30. The molecule has 0 aromatic heterocycles. The summed E-state index contributed by atoms with van der Waals surface area (Å²) >= 11 is 30.3. The van der Waals surface area contributed by atoms with Gasteiger partial charge in [0.05, 0.1) is 0 Å². The molecule has 12 heteroatoms. The fourth-order valence-electron chi connectivity index (χ4n) is 4.18. The second-order valence-corrected chi connectivity index (χ2v) is 15.7. The van der Waals surface area contributed by atoms with Crippen LogP contribution in [-0.4, -0.2) is 89.2 Å². The molecule has 0 radical (unpaired) electrons. The number of thiocarbonyl (C=S) groups is 4. The van der Waals surface area contributed by atoms with Gasteiger partial charge in [-0.2, -0.15) is 0 Å². The van der Waals surface area contributed by atoms with Crippen molar-refractivity contribution < 1.29 is 0 Å². The Morgan fingerprint density at radius 2 is 0.571 bits per heavy atom. The van der Waals surface area contributed by atoms with Crippen molar-refractivity contribution in [2.75, 3.05) is 52.4 Å². The number of thioether (sulfide) groups is 4. The molecular formula is C30H50N4S8. The van der Waals surface area contributed by atoms with Crippen molar-refractivity contribution in [1.29, 1.82) is 0 Å². The van der Waals surface area contributed by atoms with Crippen LogP contribution >= 0.6 is 95.9 Å². The minimum absolute atomic E-state index is 0.840. The molecule has 0 saturated carbocycles. The monoisotopic (exact) mass is 722 g/mol. The molecule has 0 heterocycles. The van der Waals surface area contributed by atoms with Crippen LogP contribution in [0.2, 0.25) is 0 Å². The van der Waals surface area contributed by atoms with E-state index in [1.54, 1.807) is 47.0 Å². The SMILES string of the molecule is CCN(CC)C(=S)SCc1cc(CSC(=S)N(CC)CC)c(CSC(=S)N(CC)CC)cc1CSC(=S)N(CC)CC. The van der Waals surface area contributed by atoms with Crippen LogP contribution in [0.4, 0.5) is 0 Å². The van der Waals surface area contributed by atoms with Crippen molar-refractivity contribution in [3.63, 3.8) is 0 Å². The Balaban J connectivity index is 3.46. The van der Waals surface area contributed by atoms with Gasteiger partial charge in [-0.1, -0.05) is 108 Å². The predicted octanol–water partition coefficient (Wildman–Crippen LogP) is 9.13. The van der Waals surface area contributed by atoms with Gasteiger partial charge in [0.25, 0.3) is 0 Å². The number of benzene rings is 1. The first-order valence-corrected chi connectivity index (χ1v) is 20.5. The molecule has 0 spiro atoms. The third-order valence-electron chi connectivity index (χ3n) is 7.01. The van der Waals surface area contributed by atoms with E-state index in [9.17, 15) is 0 Å². The van der Waals surface area contributed by atoms with Crippen molar-refractivity contribution in [3.05, 3.63) is 34.4 Å². The highest BCUT2D eigenvalue weighted by atomic mass is 32.2. The molecule has 1 rings (SSSR count). The minimum atomic E-state index is 0.840. The van der Waals surface area contributed by atoms with Gasteiger partial charge in [-0.05, 0) is 77.6 Å². The van der Waals surface area contributed by atoms with Crippen LogP contribution in [0.25, 0.3) is 0 Å². The Hall–Kier alpha value is 0.180. The van der Waals surface area contributed by atoms with Crippen molar-refractivity contribution in [2.24, 2.45) is 0 Å². The summed E-state index contributed by atoms with van der Waals surface area (Å²) in [6, 6.07) is 4.81. The van der Waals surface area contributed by atoms with Gasteiger partial charge in [0.1, 0.15) is 17.3 Å². The third kappa shape index (κ3) is 13.3. The topological polar surface area (TPSA) is 13.0 Å². The average Bonchev–Trinajstić information content (AvgIpc) is 2.99. The first-order chi connectivity index (χ1) is 20.1. The molecule has 0 aliphatic heterocycles. The van der Waals surface area contributed by atoms with E-state index in [1.807, 2.05) is 0 Å². The molecule has 0 aliphatic carbocycles. The summed E-state index contributed by atoms with van der Waals surface area (Å²) in [7, 11) is 0. The lowest BCUT2D eigenvalue weighted by Crippen LogP contribution is -2.27. The van der Waals surface area contributed by atoms with Crippen LogP contribution < -0.4 is 0 Å². The van der Waals surface area contributed by atoms with Crippen LogP contribution in [0.3, 0.4) is 0 Å². The highest BCUT2D eigenvalue weighted by molar-refractivity contribution is 8.23. The molecule has 4 nitrogen and oxygen atoms in total. The molecule has 1 aromatic rings. The summed E-state index contributed by atoms with van der Waals surface area (Å²) < 4.78 is 3.83. The van der Waals surface area contributed by atoms with Gasteiger partial charge in [0, 0.05) is 75.4 Å². The average molecular weight is 723 g/mol. The highest BCUT2D eigenvalue weighted by Gasteiger charge is 2.17. The van der Waals surface area contributed by atoms with E-state index >= 15 is 0 Å². The molecule has 238 valence electrons. The van der Waals surface area contributed by atoms with Gasteiger partial charge in [-0.15, -0.1) is 0 Å². The number of hydrogen-bond acceptors (Lipinski definition) is 8. The van der Waals surface area contributed by atoms with E-state index in [-0.39, 0.29) is 0 Å². The normalized spacial score (nSPS) is 10.9. The summed E-state index contributed by atoms with van der Waals surface area (Å²) in [6.45, 7) is 24.7. The zero-order chi connectivity index (χ0) is 31.7. The second kappa shape index (κ2) is 22.6. The molecule has 0 N–H and O–H groups in total. The highest BCUT2D eigenvalue weighted by Crippen LogP contribution is 2.32. The van der Waals surface area contributed by atoms with Gasteiger partial charge >= 0.3 is 0 Å². The zero-order valence-corrected chi connectivity index (χ0v) is 33.2. The maximum Gasteiger partial charge on any atom is 0.136 e. The maximum atomic E-state index is 5.81. The first-order valence-electron chi connectivity index (χ1n) is 14.9. The fraction of sp³-hybridized carbons (Fsp3) is 0.667. The summed E-state index contributed by atoms with van der Waals surface area (Å²) in [4.78, 5) is 9.01. The Kier molecular flexibility index (Phi) is 21.7. The van der Waals surface area contributed by atoms with Crippen LogP contribution in [0.5, 0.6) is 0 Å². The smallest absolute Gasteiger partial charge is 0.136 e. The molecule has 0 fully saturated rings. The van der Waals surface area contributed by atoms with Crippen molar-refractivity contribution >= 4 is 113 Å². The van der Waals surface area contributed by atoms with E-state index in [1.165, 1.54) is 22.3 Å². The van der Waals surface area contributed by atoms with Crippen LogP contribution in [0.15, 0.2) is 12.1 Å². The van der Waals surface area contributed by atoms with Gasteiger partial charge in [-0.25, -0.2) is 0 Å². The largest absolute Gasteiger partial charge is 0.358 e. The quantitative estimate of drug-likeness (QED) is 0.151. The third-order valence-corrected chi connectivity index (χ3v) is 13.3. The van der Waals surface area contributed by atoms with E-state index in [4.69, 9.17) is 48.9 Å². The van der Waals surface area contributed by atoms with Crippen LogP contribution in [0.1, 0.15) is 77.6 Å². The molecule has 0 saturated heterocycles. The maximum absolute atomic E-state index is 5.81. The molecule has 1 aromatic carbocycles. The fourth-order valence-corrected chi connectivity index (χ4v) is 9.87. The number of hydrogen-bond donors (Lipinski definition) is 0. The van der Waals surface area contributed by atoms with Crippen molar-refractivity contribution in [3.8, 4) is 0 Å². The Morgan fingerprint density at radius 1 is 0.405 bits per heavy atom. The summed E-state index contributed by atoms with van der Waals surface area (Å²) in [6.07, 6.45) is 0. The molecule has 0 amide bonds. The number of nitrogens with zero attached hydrogens (tertiary/aromatic N) is 4. The summed E-state index contributed by atoms with van der Waals surface area (Å²) in [5, 5.41) is 0. The lowest BCUT2D eigenvalue weighted by atomic mass is 10.0. The summed E-state index contributed by atoms with van der Waals surface area (Å²) in [5.41, 5.74) is 5.31. The van der Waals surface area contributed by atoms with E-state index in [0.717, 1.165) is 92.7 Å². The minimum Gasteiger partial charge on any atom is -0.358 e. The molecule has 0 aliphatic rings. The Bertz CT molecular complexity index is 849. The van der Waals surface area contributed by atoms with Gasteiger partial charge in [0.2, 0.25) is 0 Å². The lowest BCUT2D eigenvalue weighted by molar-refractivity contribution is 0.482. The van der Waals surface area contributed by atoms with Crippen molar-refractivity contribution in [2.45, 2.75) is 78.4 Å². The van der Waals surface area contributed by atoms with E-state index < -0.39 is 0 Å². The molecule has 0 bridgehead atoms. The van der Waals surface area contributed by atoms with Gasteiger partial charge in [-0.3, -0.25) is 0 Å². The van der Waals surface area contributed by atoms with Gasteiger partial charge in [0.15, 0.2) is 0 Å². The Morgan fingerprint density at radius 3 is 0.714 bits per heavy atom. The summed E-state index contributed by atoms with van der Waals surface area (Å²) in [5.74, 6) is 3.36. The Labute approximate surface area is 295 Å². The molecule has 0 unspecified atom stereocenters. The predicted molar refractivity (Wildman–Crippen MR) is 214 cm³/mol. The molecule has 42 heavy (non-hydrogen) atoms. The number of rotatable bonds is 16. The van der Waals surface area contributed by atoms with E-state index in [0.29, 0.717) is 0 Å². The molecule has 0 atom stereocenters. The van der Waals surface area contributed by atoms with Crippen molar-refractivity contribution in [1.82, 2.24) is 19.6 Å². The first kappa shape index (κ1) is 40.2.